The maximum Gasteiger partial charge on any atom is 0.221 e. The highest BCUT2D eigenvalue weighted by Crippen LogP contribution is 2.23. The van der Waals surface area contributed by atoms with Gasteiger partial charge in [-0.15, -0.1) is 11.8 Å². The Balaban J connectivity index is 3.03. The molecular formula is C10H10N2OS. The number of amides is 1. The van der Waals surface area contributed by atoms with Crippen molar-refractivity contribution >= 4 is 23.4 Å². The second kappa shape index (κ2) is 4.68. The topological polar surface area (TPSA) is 52.9 Å². The number of anilines is 1. The number of carbonyl (C=O) groups excluding carboxylic acids is 1. The molecule has 1 aromatic rings. The van der Waals surface area contributed by atoms with Gasteiger partial charge in [0.15, 0.2) is 0 Å². The molecule has 0 radical (unpaired) electrons. The first-order valence-corrected chi connectivity index (χ1v) is 5.25. The summed E-state index contributed by atoms with van der Waals surface area (Å²) < 4.78 is 0. The van der Waals surface area contributed by atoms with Crippen molar-refractivity contribution in [2.24, 2.45) is 0 Å². The zero-order chi connectivity index (χ0) is 10.6. The van der Waals surface area contributed by atoms with Gasteiger partial charge in [0.2, 0.25) is 5.91 Å². The predicted molar refractivity (Wildman–Crippen MR) is 57.2 cm³/mol. The summed E-state index contributed by atoms with van der Waals surface area (Å²) >= 11 is 1.49. The molecular weight excluding hydrogens is 196 g/mol. The van der Waals surface area contributed by atoms with E-state index in [9.17, 15) is 4.79 Å². The first-order valence-electron chi connectivity index (χ1n) is 4.03. The van der Waals surface area contributed by atoms with Crippen molar-refractivity contribution in [1.82, 2.24) is 0 Å². The number of hydrogen-bond acceptors (Lipinski definition) is 3. The van der Waals surface area contributed by atoms with Crippen LogP contribution in [0.15, 0.2) is 23.1 Å². The minimum atomic E-state index is -0.109. The van der Waals surface area contributed by atoms with E-state index in [0.29, 0.717) is 5.56 Å². The van der Waals surface area contributed by atoms with Gasteiger partial charge in [-0.2, -0.15) is 5.26 Å². The molecule has 0 aliphatic heterocycles. The minimum absolute atomic E-state index is 0.109. The van der Waals surface area contributed by atoms with Crippen molar-refractivity contribution in [3.63, 3.8) is 0 Å². The molecule has 3 nitrogen and oxygen atoms in total. The predicted octanol–water partition coefficient (Wildman–Crippen LogP) is 2.24. The molecule has 0 aliphatic rings. The van der Waals surface area contributed by atoms with E-state index in [1.165, 1.54) is 18.7 Å². The molecule has 4 heteroatoms. The van der Waals surface area contributed by atoms with E-state index in [1.54, 1.807) is 18.2 Å². The van der Waals surface area contributed by atoms with E-state index >= 15 is 0 Å². The van der Waals surface area contributed by atoms with Gasteiger partial charge in [0.05, 0.1) is 5.56 Å². The fourth-order valence-electron chi connectivity index (χ4n) is 1.06. The summed E-state index contributed by atoms with van der Waals surface area (Å²) in [5.41, 5.74) is 1.35. The van der Waals surface area contributed by atoms with Crippen LogP contribution in [0.3, 0.4) is 0 Å². The minimum Gasteiger partial charge on any atom is -0.326 e. The fraction of sp³-hybridized carbons (Fsp3) is 0.200. The summed E-state index contributed by atoms with van der Waals surface area (Å²) in [6.07, 6.45) is 1.90. The number of benzene rings is 1. The Bertz CT molecular complexity index is 396. The Morgan fingerprint density at radius 1 is 1.57 bits per heavy atom. The van der Waals surface area contributed by atoms with E-state index in [1.807, 2.05) is 6.26 Å². The van der Waals surface area contributed by atoms with Gasteiger partial charge in [0.1, 0.15) is 6.07 Å². The van der Waals surface area contributed by atoms with Gasteiger partial charge >= 0.3 is 0 Å². The Morgan fingerprint density at radius 3 is 2.79 bits per heavy atom. The molecule has 0 unspecified atom stereocenters. The number of nitrogens with one attached hydrogen (secondary N) is 1. The Morgan fingerprint density at radius 2 is 2.29 bits per heavy atom. The highest BCUT2D eigenvalue weighted by Gasteiger charge is 2.02. The summed E-state index contributed by atoms with van der Waals surface area (Å²) in [5.74, 6) is -0.109. The smallest absolute Gasteiger partial charge is 0.221 e. The highest BCUT2D eigenvalue weighted by atomic mass is 32.2. The molecule has 0 spiro atoms. The molecule has 14 heavy (non-hydrogen) atoms. The molecule has 0 aliphatic carbocycles. The van der Waals surface area contributed by atoms with Crippen molar-refractivity contribution < 1.29 is 4.79 Å². The molecule has 0 saturated carbocycles. The maximum atomic E-state index is 10.8. The standard InChI is InChI=1S/C10H10N2OS/c1-7(13)12-9-4-3-8(6-11)10(5-9)14-2/h3-5H,1-2H3,(H,12,13). The third-order valence-electron chi connectivity index (χ3n) is 1.64. The lowest BCUT2D eigenvalue weighted by molar-refractivity contribution is -0.114. The molecule has 1 aromatic carbocycles. The largest absolute Gasteiger partial charge is 0.326 e. The van der Waals surface area contributed by atoms with E-state index in [2.05, 4.69) is 11.4 Å². The van der Waals surface area contributed by atoms with Crippen LogP contribution in [0, 0.1) is 11.3 Å². The van der Waals surface area contributed by atoms with Gasteiger partial charge in [0.25, 0.3) is 0 Å². The van der Waals surface area contributed by atoms with Crippen molar-refractivity contribution in [3.8, 4) is 6.07 Å². The third-order valence-corrected chi connectivity index (χ3v) is 2.42. The number of hydrogen-bond donors (Lipinski definition) is 1. The highest BCUT2D eigenvalue weighted by molar-refractivity contribution is 7.98. The van der Waals surface area contributed by atoms with Gasteiger partial charge in [-0.3, -0.25) is 4.79 Å². The number of thioether (sulfide) groups is 1. The van der Waals surface area contributed by atoms with E-state index < -0.39 is 0 Å². The SMILES string of the molecule is CSc1cc(NC(C)=O)ccc1C#N. The second-order valence-corrected chi connectivity index (χ2v) is 3.56. The Labute approximate surface area is 87.1 Å². The van der Waals surface area contributed by atoms with Crippen LogP contribution >= 0.6 is 11.8 Å². The average molecular weight is 206 g/mol. The summed E-state index contributed by atoms with van der Waals surface area (Å²) in [5, 5.41) is 11.4. The van der Waals surface area contributed by atoms with Gasteiger partial charge in [-0.1, -0.05) is 0 Å². The van der Waals surface area contributed by atoms with Gasteiger partial charge in [0, 0.05) is 17.5 Å². The lowest BCUT2D eigenvalue weighted by Crippen LogP contribution is -2.05. The zero-order valence-electron chi connectivity index (χ0n) is 8.00. The van der Waals surface area contributed by atoms with E-state index in [0.717, 1.165) is 10.6 Å². The summed E-state index contributed by atoms with van der Waals surface area (Å²) in [6.45, 7) is 1.46. The van der Waals surface area contributed by atoms with Crippen molar-refractivity contribution in [2.45, 2.75) is 11.8 Å². The van der Waals surface area contributed by atoms with E-state index in [4.69, 9.17) is 5.26 Å². The summed E-state index contributed by atoms with van der Waals surface area (Å²) in [6, 6.07) is 7.32. The number of nitriles is 1. The first-order chi connectivity index (χ1) is 6.67. The molecule has 1 rings (SSSR count). The molecule has 0 heterocycles. The van der Waals surface area contributed by atoms with Crippen LogP contribution in [-0.2, 0) is 4.79 Å². The van der Waals surface area contributed by atoms with Gasteiger partial charge in [-0.25, -0.2) is 0 Å². The third kappa shape index (κ3) is 2.51. The van der Waals surface area contributed by atoms with Crippen LogP contribution in [0.4, 0.5) is 5.69 Å². The summed E-state index contributed by atoms with van der Waals surface area (Å²) in [7, 11) is 0. The number of nitrogens with zero attached hydrogens (tertiary/aromatic N) is 1. The number of rotatable bonds is 2. The quantitative estimate of drug-likeness (QED) is 0.755. The van der Waals surface area contributed by atoms with E-state index in [-0.39, 0.29) is 5.91 Å². The normalized spacial score (nSPS) is 9.21. The molecule has 0 aromatic heterocycles. The second-order valence-electron chi connectivity index (χ2n) is 2.71. The molecule has 0 bridgehead atoms. The molecule has 1 amide bonds. The van der Waals surface area contributed by atoms with Gasteiger partial charge in [-0.05, 0) is 24.5 Å². The van der Waals surface area contributed by atoms with Crippen LogP contribution in [0.25, 0.3) is 0 Å². The first kappa shape index (κ1) is 10.6. The maximum absolute atomic E-state index is 10.8. The lowest BCUT2D eigenvalue weighted by atomic mass is 10.2. The van der Waals surface area contributed by atoms with Crippen LogP contribution in [0.2, 0.25) is 0 Å². The van der Waals surface area contributed by atoms with Crippen molar-refractivity contribution in [3.05, 3.63) is 23.8 Å². The molecule has 72 valence electrons. The van der Waals surface area contributed by atoms with Crippen LogP contribution in [-0.4, -0.2) is 12.2 Å². The Kier molecular flexibility index (Phi) is 3.55. The fourth-order valence-corrected chi connectivity index (χ4v) is 1.64. The summed E-state index contributed by atoms with van der Waals surface area (Å²) in [4.78, 5) is 11.7. The van der Waals surface area contributed by atoms with Crippen LogP contribution < -0.4 is 5.32 Å². The monoisotopic (exact) mass is 206 g/mol. The Hall–Kier alpha value is -1.47. The van der Waals surface area contributed by atoms with Crippen molar-refractivity contribution in [1.29, 1.82) is 5.26 Å². The zero-order valence-corrected chi connectivity index (χ0v) is 8.81. The lowest BCUT2D eigenvalue weighted by Gasteiger charge is -2.05. The average Bonchev–Trinajstić information content (AvgIpc) is 2.16. The molecule has 0 atom stereocenters. The molecule has 0 fully saturated rings. The molecule has 0 saturated heterocycles. The van der Waals surface area contributed by atoms with Crippen LogP contribution in [0.1, 0.15) is 12.5 Å². The van der Waals surface area contributed by atoms with Gasteiger partial charge < -0.3 is 5.32 Å². The van der Waals surface area contributed by atoms with Crippen LogP contribution in [0.5, 0.6) is 0 Å². The number of carbonyl (C=O) groups is 1. The molecule has 1 N–H and O–H groups in total. The van der Waals surface area contributed by atoms with Crippen molar-refractivity contribution in [2.75, 3.05) is 11.6 Å².